The number of carbonyl (C=O) groups excluding carboxylic acids is 1. The third-order valence-electron chi connectivity index (χ3n) is 7.05. The molecular formula is C27H29F7N2O3. The quantitative estimate of drug-likeness (QED) is 0.451. The highest BCUT2D eigenvalue weighted by Gasteiger charge is 2.54. The molecule has 6 atom stereocenters. The van der Waals surface area contributed by atoms with Crippen molar-refractivity contribution in [2.24, 2.45) is 5.92 Å². The highest BCUT2D eigenvalue weighted by molar-refractivity contribution is 5.83. The Morgan fingerprint density at radius 2 is 1.59 bits per heavy atom. The molecule has 0 aromatic heterocycles. The van der Waals surface area contributed by atoms with Crippen LogP contribution in [0.3, 0.4) is 0 Å². The Balaban J connectivity index is 1.57. The lowest BCUT2D eigenvalue weighted by Crippen LogP contribution is -2.54. The van der Waals surface area contributed by atoms with Crippen molar-refractivity contribution in [3.63, 3.8) is 0 Å². The molecule has 0 spiro atoms. The lowest BCUT2D eigenvalue weighted by atomic mass is 9.97. The zero-order chi connectivity index (χ0) is 28.7. The Hall–Kier alpha value is -2.70. The molecule has 2 fully saturated rings. The van der Waals surface area contributed by atoms with Crippen molar-refractivity contribution in [2.45, 2.75) is 69.1 Å². The summed E-state index contributed by atoms with van der Waals surface area (Å²) in [6.45, 7) is 2.92. The van der Waals surface area contributed by atoms with Gasteiger partial charge in [-0.05, 0) is 41.2 Å². The summed E-state index contributed by atoms with van der Waals surface area (Å²) in [6.07, 6.45) is -13.0. The second-order valence-electron chi connectivity index (χ2n) is 10.4. The number of halogens is 7. The van der Waals surface area contributed by atoms with Crippen molar-refractivity contribution in [1.82, 2.24) is 10.2 Å². The molecule has 2 aromatic rings. The second kappa shape index (κ2) is 11.1. The lowest BCUT2D eigenvalue weighted by Gasteiger charge is -2.33. The van der Waals surface area contributed by atoms with E-state index in [0.717, 1.165) is 17.0 Å². The molecule has 0 bridgehead atoms. The number of carbonyl (C=O) groups is 1. The van der Waals surface area contributed by atoms with Gasteiger partial charge in [0.1, 0.15) is 24.4 Å². The maximum Gasteiger partial charge on any atom is 0.416 e. The van der Waals surface area contributed by atoms with Gasteiger partial charge >= 0.3 is 12.4 Å². The minimum atomic E-state index is -4.81. The number of benzene rings is 2. The number of nitrogens with one attached hydrogen (secondary N) is 1. The molecule has 5 nitrogen and oxygen atoms in total. The van der Waals surface area contributed by atoms with Gasteiger partial charge in [0.05, 0.1) is 30.8 Å². The van der Waals surface area contributed by atoms with Gasteiger partial charge in [-0.25, -0.2) is 4.39 Å². The standard InChI is InChI=1S/C27H29F7N2O3/c1-14(2)11-20(25(38)36-12-19(28)23-22(36)21(37)13-39-23)35-24(27(32,33)34)17-5-3-15(4-6-17)16-7-9-18(10-8-16)26(29,30)31/h3-10,14,19-24,35,37H,11-13H2,1-2H3/t19-,20?,21-,22+,23+,24-/m0/s1. The number of aliphatic hydroxyl groups excluding tert-OH is 1. The monoisotopic (exact) mass is 562 g/mol. The first-order valence-corrected chi connectivity index (χ1v) is 12.5. The fourth-order valence-corrected chi connectivity index (χ4v) is 5.19. The van der Waals surface area contributed by atoms with Crippen LogP contribution in [0, 0.1) is 5.92 Å². The van der Waals surface area contributed by atoms with Crippen LogP contribution in [0.15, 0.2) is 48.5 Å². The highest BCUT2D eigenvalue weighted by atomic mass is 19.4. The van der Waals surface area contributed by atoms with Crippen molar-refractivity contribution >= 4 is 5.91 Å². The number of hydrogen-bond donors (Lipinski definition) is 2. The van der Waals surface area contributed by atoms with E-state index in [1.807, 2.05) is 0 Å². The zero-order valence-corrected chi connectivity index (χ0v) is 21.1. The molecule has 2 heterocycles. The third kappa shape index (κ3) is 6.38. The normalized spacial score (nSPS) is 25.2. The maximum absolute atomic E-state index is 14.5. The molecule has 2 aromatic carbocycles. The summed E-state index contributed by atoms with van der Waals surface area (Å²) in [4.78, 5) is 14.5. The van der Waals surface area contributed by atoms with E-state index in [9.17, 15) is 40.6 Å². The molecule has 2 aliphatic rings. The molecule has 4 rings (SSSR count). The molecule has 0 saturated carbocycles. The molecule has 2 saturated heterocycles. The average molecular weight is 563 g/mol. The fraction of sp³-hybridized carbons (Fsp3) is 0.519. The molecule has 1 amide bonds. The summed E-state index contributed by atoms with van der Waals surface area (Å²) in [5, 5.41) is 12.6. The minimum Gasteiger partial charge on any atom is -0.388 e. The first kappa shape index (κ1) is 29.3. The van der Waals surface area contributed by atoms with E-state index in [-0.39, 0.29) is 31.1 Å². The Morgan fingerprint density at radius 3 is 2.10 bits per heavy atom. The van der Waals surface area contributed by atoms with Gasteiger partial charge in [0.15, 0.2) is 0 Å². The van der Waals surface area contributed by atoms with Crippen molar-refractivity contribution < 1.29 is 45.4 Å². The predicted octanol–water partition coefficient (Wildman–Crippen LogP) is 5.29. The third-order valence-corrected chi connectivity index (χ3v) is 7.05. The average Bonchev–Trinajstić information content (AvgIpc) is 3.40. The van der Waals surface area contributed by atoms with Crippen LogP contribution < -0.4 is 5.32 Å². The number of rotatable bonds is 7. The second-order valence-corrected chi connectivity index (χ2v) is 10.4. The first-order chi connectivity index (χ1) is 18.2. The van der Waals surface area contributed by atoms with Crippen LogP contribution in [0.2, 0.25) is 0 Å². The van der Waals surface area contributed by atoms with Crippen molar-refractivity contribution in [3.05, 3.63) is 59.7 Å². The lowest BCUT2D eigenvalue weighted by molar-refractivity contribution is -0.163. The molecule has 2 N–H and O–H groups in total. The molecule has 12 heteroatoms. The smallest absolute Gasteiger partial charge is 0.388 e. The topological polar surface area (TPSA) is 61.8 Å². The minimum absolute atomic E-state index is 0.0246. The Kier molecular flexibility index (Phi) is 8.30. The van der Waals surface area contributed by atoms with Crippen molar-refractivity contribution in [2.75, 3.05) is 13.2 Å². The number of likely N-dealkylation sites (tertiary alicyclic amines) is 1. The van der Waals surface area contributed by atoms with Crippen LogP contribution in [0.1, 0.15) is 37.4 Å². The van der Waals surface area contributed by atoms with E-state index in [1.54, 1.807) is 13.8 Å². The molecule has 214 valence electrons. The molecule has 1 unspecified atom stereocenters. The van der Waals surface area contributed by atoms with Gasteiger partial charge in [-0.2, -0.15) is 26.3 Å². The van der Waals surface area contributed by atoms with E-state index in [4.69, 9.17) is 4.74 Å². The van der Waals surface area contributed by atoms with Crippen molar-refractivity contribution in [3.8, 4) is 11.1 Å². The Morgan fingerprint density at radius 1 is 1.03 bits per heavy atom. The van der Waals surface area contributed by atoms with Crippen molar-refractivity contribution in [1.29, 1.82) is 0 Å². The molecule has 39 heavy (non-hydrogen) atoms. The van der Waals surface area contributed by atoms with Gasteiger partial charge in [0, 0.05) is 0 Å². The number of ether oxygens (including phenoxy) is 1. The largest absolute Gasteiger partial charge is 0.416 e. The van der Waals surface area contributed by atoms with E-state index in [0.29, 0.717) is 11.1 Å². The summed E-state index contributed by atoms with van der Waals surface area (Å²) >= 11 is 0. The van der Waals surface area contributed by atoms with Gasteiger partial charge in [0.25, 0.3) is 0 Å². The highest BCUT2D eigenvalue weighted by Crippen LogP contribution is 2.37. The summed E-state index contributed by atoms with van der Waals surface area (Å²) in [7, 11) is 0. The summed E-state index contributed by atoms with van der Waals surface area (Å²) in [6, 6.07) is 4.82. The molecule has 0 radical (unpaired) electrons. The Labute approximate surface area is 220 Å². The van der Waals surface area contributed by atoms with E-state index >= 15 is 0 Å². The summed E-state index contributed by atoms with van der Waals surface area (Å²) in [5.41, 5.74) is -0.243. The van der Waals surface area contributed by atoms with Crippen LogP contribution in [0.5, 0.6) is 0 Å². The number of fused-ring (bicyclic) bond motifs is 1. The summed E-state index contributed by atoms with van der Waals surface area (Å²) in [5.74, 6) is -0.939. The van der Waals surface area contributed by atoms with Gasteiger partial charge in [-0.1, -0.05) is 50.2 Å². The van der Waals surface area contributed by atoms with Crippen LogP contribution in [0.25, 0.3) is 11.1 Å². The fourth-order valence-electron chi connectivity index (χ4n) is 5.19. The van der Waals surface area contributed by atoms with Crippen LogP contribution >= 0.6 is 0 Å². The number of alkyl halides is 7. The van der Waals surface area contributed by atoms with E-state index in [2.05, 4.69) is 5.32 Å². The van der Waals surface area contributed by atoms with Gasteiger partial charge in [-0.3, -0.25) is 10.1 Å². The zero-order valence-electron chi connectivity index (χ0n) is 21.1. The number of hydrogen-bond acceptors (Lipinski definition) is 4. The van der Waals surface area contributed by atoms with Gasteiger partial charge in [0.2, 0.25) is 5.91 Å². The first-order valence-electron chi connectivity index (χ1n) is 12.5. The van der Waals surface area contributed by atoms with Crippen LogP contribution in [-0.4, -0.2) is 65.7 Å². The number of amides is 1. The van der Waals surface area contributed by atoms with Gasteiger partial charge < -0.3 is 14.7 Å². The molecule has 2 aliphatic heterocycles. The van der Waals surface area contributed by atoms with Crippen LogP contribution in [0.4, 0.5) is 30.7 Å². The van der Waals surface area contributed by atoms with Crippen LogP contribution in [-0.2, 0) is 15.7 Å². The predicted molar refractivity (Wildman–Crippen MR) is 128 cm³/mol. The van der Waals surface area contributed by atoms with Gasteiger partial charge in [-0.15, -0.1) is 0 Å². The number of aliphatic hydroxyl groups is 1. The number of nitrogens with zero attached hydrogens (tertiary/aromatic N) is 1. The maximum atomic E-state index is 14.5. The Bertz CT molecular complexity index is 1140. The van der Waals surface area contributed by atoms with E-state index in [1.165, 1.54) is 36.4 Å². The summed E-state index contributed by atoms with van der Waals surface area (Å²) < 4.78 is 101. The van der Waals surface area contributed by atoms with E-state index < -0.39 is 60.3 Å². The SMILES string of the molecule is CC(C)CC(N[C@@H](c1ccc(-c2ccc(C(F)(F)F)cc2)cc1)C(F)(F)F)C(=O)N1C[C@H](F)[C@H]2OC[C@H](O)[C@H]21. The molecule has 0 aliphatic carbocycles. The molecular weight excluding hydrogens is 533 g/mol.